The van der Waals surface area contributed by atoms with Gasteiger partial charge in [-0.1, -0.05) is 5.21 Å². The zero-order valence-electron chi connectivity index (χ0n) is 10.7. The second-order valence-corrected chi connectivity index (χ2v) is 4.92. The van der Waals surface area contributed by atoms with E-state index in [-0.39, 0.29) is 12.1 Å². The molecule has 0 spiro atoms. The van der Waals surface area contributed by atoms with E-state index in [0.717, 1.165) is 5.69 Å². The molecule has 0 radical (unpaired) electrons. The second-order valence-electron chi connectivity index (χ2n) is 4.92. The van der Waals surface area contributed by atoms with Crippen LogP contribution in [0.5, 0.6) is 0 Å². The molecular formula is C10H18N6O2. The van der Waals surface area contributed by atoms with Gasteiger partial charge < -0.3 is 11.1 Å². The molecule has 8 nitrogen and oxygen atoms in total. The van der Waals surface area contributed by atoms with Crippen LogP contribution >= 0.6 is 0 Å². The van der Waals surface area contributed by atoms with E-state index in [4.69, 9.17) is 5.73 Å². The maximum atomic E-state index is 11.2. The molecule has 4 N–H and O–H groups in total. The molecule has 0 fully saturated rings. The first-order valence-corrected chi connectivity index (χ1v) is 5.49. The number of carbonyl (C=O) groups is 2. The number of carbonyl (C=O) groups excluding carboxylic acids is 2. The molecule has 1 aromatic rings. The van der Waals surface area contributed by atoms with Crippen LogP contribution in [-0.2, 0) is 17.9 Å². The number of nitrogens with one attached hydrogen (secondary N) is 2. The monoisotopic (exact) mass is 254 g/mol. The molecule has 0 atom stereocenters. The summed E-state index contributed by atoms with van der Waals surface area (Å²) in [6, 6.07) is -0.880. The summed E-state index contributed by atoms with van der Waals surface area (Å²) in [5.74, 6) is -0.525. The molecule has 0 saturated heterocycles. The Balaban J connectivity index is 2.48. The fraction of sp³-hybridized carbons (Fsp3) is 0.600. The molecule has 3 amide bonds. The van der Waals surface area contributed by atoms with Crippen LogP contribution in [0.4, 0.5) is 4.79 Å². The molecule has 0 aromatic carbocycles. The van der Waals surface area contributed by atoms with E-state index in [0.29, 0.717) is 6.54 Å². The summed E-state index contributed by atoms with van der Waals surface area (Å²) in [6.07, 6.45) is 1.64. The molecule has 0 bridgehead atoms. The van der Waals surface area contributed by atoms with Gasteiger partial charge in [-0.15, -0.1) is 5.10 Å². The van der Waals surface area contributed by atoms with Crippen LogP contribution in [0, 0.1) is 0 Å². The summed E-state index contributed by atoms with van der Waals surface area (Å²) in [7, 11) is 0. The van der Waals surface area contributed by atoms with E-state index in [9.17, 15) is 9.59 Å². The van der Waals surface area contributed by atoms with Gasteiger partial charge in [0, 0.05) is 12.1 Å². The van der Waals surface area contributed by atoms with Gasteiger partial charge in [0.15, 0.2) is 0 Å². The third kappa shape index (κ3) is 5.39. The van der Waals surface area contributed by atoms with E-state index < -0.39 is 11.9 Å². The highest BCUT2D eigenvalue weighted by Gasteiger charge is 2.11. The summed E-state index contributed by atoms with van der Waals surface area (Å²) in [4.78, 5) is 21.7. The van der Waals surface area contributed by atoms with Gasteiger partial charge in [-0.2, -0.15) is 0 Å². The highest BCUT2D eigenvalue weighted by atomic mass is 16.2. The summed E-state index contributed by atoms with van der Waals surface area (Å²) >= 11 is 0. The summed E-state index contributed by atoms with van der Waals surface area (Å²) in [5.41, 5.74) is 5.52. The third-order valence-corrected chi connectivity index (χ3v) is 1.95. The summed E-state index contributed by atoms with van der Waals surface area (Å²) < 4.78 is 1.35. The average Bonchev–Trinajstić information content (AvgIpc) is 2.60. The fourth-order valence-electron chi connectivity index (χ4n) is 1.18. The Kier molecular flexibility index (Phi) is 4.38. The van der Waals surface area contributed by atoms with Crippen LogP contribution in [0.15, 0.2) is 6.20 Å². The van der Waals surface area contributed by atoms with Crippen LogP contribution in [0.3, 0.4) is 0 Å². The number of hydrogen-bond donors (Lipinski definition) is 3. The van der Waals surface area contributed by atoms with Crippen molar-refractivity contribution in [3.05, 3.63) is 11.9 Å². The highest BCUT2D eigenvalue weighted by Crippen LogP contribution is 2.01. The minimum Gasteiger partial charge on any atom is -0.351 e. The van der Waals surface area contributed by atoms with Gasteiger partial charge >= 0.3 is 6.03 Å². The van der Waals surface area contributed by atoms with E-state index in [1.54, 1.807) is 6.20 Å². The van der Waals surface area contributed by atoms with Crippen molar-refractivity contribution < 1.29 is 9.59 Å². The van der Waals surface area contributed by atoms with Crippen LogP contribution in [0.25, 0.3) is 0 Å². The molecule has 1 heterocycles. The standard InChI is InChI=1S/C10H18N6O2/c1-10(2,3)12-4-7-5-16(15-14-7)6-8(17)13-9(11)18/h5,12H,4,6H2,1-3H3,(H3,11,13,17,18). The molecule has 8 heteroatoms. The van der Waals surface area contributed by atoms with E-state index in [1.807, 2.05) is 26.1 Å². The zero-order chi connectivity index (χ0) is 13.8. The van der Waals surface area contributed by atoms with Gasteiger partial charge in [0.2, 0.25) is 5.91 Å². The van der Waals surface area contributed by atoms with Gasteiger partial charge in [0.25, 0.3) is 0 Å². The third-order valence-electron chi connectivity index (χ3n) is 1.95. The quantitative estimate of drug-likeness (QED) is 0.661. The minimum absolute atomic E-state index is 0.0207. The lowest BCUT2D eigenvalue weighted by Gasteiger charge is -2.19. The molecule has 0 unspecified atom stereocenters. The summed E-state index contributed by atoms with van der Waals surface area (Å²) in [6.45, 7) is 6.58. The van der Waals surface area contributed by atoms with Crippen molar-refractivity contribution in [1.29, 1.82) is 0 Å². The number of urea groups is 1. The Labute approximate surface area is 105 Å². The maximum absolute atomic E-state index is 11.2. The first kappa shape index (κ1) is 14.1. The van der Waals surface area contributed by atoms with Crippen molar-refractivity contribution in [1.82, 2.24) is 25.6 Å². The first-order chi connectivity index (χ1) is 8.26. The Bertz CT molecular complexity index is 434. The normalized spacial score (nSPS) is 11.3. The van der Waals surface area contributed by atoms with Crippen molar-refractivity contribution in [2.24, 2.45) is 5.73 Å². The van der Waals surface area contributed by atoms with E-state index in [1.165, 1.54) is 4.68 Å². The van der Waals surface area contributed by atoms with Crippen molar-refractivity contribution >= 4 is 11.9 Å². The number of rotatable bonds is 4. The number of nitrogens with zero attached hydrogens (tertiary/aromatic N) is 3. The number of nitrogens with two attached hydrogens (primary N) is 1. The lowest BCUT2D eigenvalue weighted by molar-refractivity contribution is -0.120. The van der Waals surface area contributed by atoms with Crippen molar-refractivity contribution in [3.63, 3.8) is 0 Å². The predicted molar refractivity (Wildman–Crippen MR) is 64.3 cm³/mol. The predicted octanol–water partition coefficient (Wildman–Crippen LogP) is -0.639. The number of imide groups is 1. The van der Waals surface area contributed by atoms with Gasteiger partial charge in [-0.05, 0) is 20.8 Å². The number of primary amides is 1. The molecule has 1 rings (SSSR count). The molecule has 100 valence electrons. The molecule has 1 aromatic heterocycles. The van der Waals surface area contributed by atoms with E-state index >= 15 is 0 Å². The van der Waals surface area contributed by atoms with Gasteiger partial charge in [-0.25, -0.2) is 9.48 Å². The zero-order valence-corrected chi connectivity index (χ0v) is 10.7. The fourth-order valence-corrected chi connectivity index (χ4v) is 1.18. The SMILES string of the molecule is CC(C)(C)NCc1cn(CC(=O)NC(N)=O)nn1. The first-order valence-electron chi connectivity index (χ1n) is 5.49. The lowest BCUT2D eigenvalue weighted by Crippen LogP contribution is -2.37. The van der Waals surface area contributed by atoms with Crippen LogP contribution < -0.4 is 16.4 Å². The Hall–Kier alpha value is -1.96. The second kappa shape index (κ2) is 5.58. The topological polar surface area (TPSA) is 115 Å². The van der Waals surface area contributed by atoms with Crippen molar-refractivity contribution in [2.75, 3.05) is 0 Å². The molecule has 0 aliphatic heterocycles. The number of amides is 3. The van der Waals surface area contributed by atoms with Crippen LogP contribution in [0.2, 0.25) is 0 Å². The Morgan fingerprint density at radius 2 is 2.11 bits per heavy atom. The number of hydrogen-bond acceptors (Lipinski definition) is 5. The lowest BCUT2D eigenvalue weighted by atomic mass is 10.1. The molecule has 18 heavy (non-hydrogen) atoms. The molecular weight excluding hydrogens is 236 g/mol. The van der Waals surface area contributed by atoms with Crippen molar-refractivity contribution in [2.45, 2.75) is 39.4 Å². The highest BCUT2D eigenvalue weighted by molar-refractivity contribution is 5.93. The molecule has 0 saturated carbocycles. The van der Waals surface area contributed by atoms with E-state index in [2.05, 4.69) is 15.6 Å². The van der Waals surface area contributed by atoms with Crippen LogP contribution in [-0.4, -0.2) is 32.5 Å². The van der Waals surface area contributed by atoms with Gasteiger partial charge in [0.05, 0.1) is 11.9 Å². The average molecular weight is 254 g/mol. The minimum atomic E-state index is -0.880. The summed E-state index contributed by atoms with van der Waals surface area (Å²) in [5, 5.41) is 12.9. The Morgan fingerprint density at radius 1 is 1.44 bits per heavy atom. The number of aromatic nitrogens is 3. The van der Waals surface area contributed by atoms with Crippen LogP contribution in [0.1, 0.15) is 26.5 Å². The van der Waals surface area contributed by atoms with Crippen molar-refractivity contribution in [3.8, 4) is 0 Å². The molecule has 0 aliphatic carbocycles. The Morgan fingerprint density at radius 3 is 2.67 bits per heavy atom. The van der Waals surface area contributed by atoms with Gasteiger partial charge in [-0.3, -0.25) is 10.1 Å². The maximum Gasteiger partial charge on any atom is 0.318 e. The van der Waals surface area contributed by atoms with Gasteiger partial charge in [0.1, 0.15) is 6.54 Å². The molecule has 0 aliphatic rings. The largest absolute Gasteiger partial charge is 0.351 e. The smallest absolute Gasteiger partial charge is 0.318 e.